The maximum atomic E-state index is 11.8. The van der Waals surface area contributed by atoms with Crippen LogP contribution < -0.4 is 0 Å². The number of hydrogen-bond acceptors (Lipinski definition) is 2. The van der Waals surface area contributed by atoms with Gasteiger partial charge >= 0.3 is 0 Å². The molecular weight excluding hydrogens is 305 g/mol. The quantitative estimate of drug-likeness (QED) is 0.802. The second-order valence-corrected chi connectivity index (χ2v) is 3.71. The van der Waals surface area contributed by atoms with E-state index in [9.17, 15) is 9.59 Å². The molecule has 1 fully saturated rings. The summed E-state index contributed by atoms with van der Waals surface area (Å²) < 4.78 is 0. The van der Waals surface area contributed by atoms with Crippen molar-refractivity contribution in [2.75, 3.05) is 0 Å². The van der Waals surface area contributed by atoms with Crippen LogP contribution in [0.5, 0.6) is 0 Å². The van der Waals surface area contributed by atoms with E-state index in [1.807, 2.05) is 0 Å². The van der Waals surface area contributed by atoms with Crippen LogP contribution in [0.25, 0.3) is 5.32 Å². The van der Waals surface area contributed by atoms with Crippen LogP contribution in [0.3, 0.4) is 0 Å². The van der Waals surface area contributed by atoms with Crippen molar-refractivity contribution in [3.8, 4) is 0 Å². The molecule has 18 heavy (non-hydrogen) atoms. The Balaban J connectivity index is 0.00000162. The normalized spacial score (nSPS) is 18.1. The smallest absolute Gasteiger partial charge is 0.225 e. The number of likely N-dealkylation sites (tertiary alicyclic amines) is 1. The summed E-state index contributed by atoms with van der Waals surface area (Å²) in [6.45, 7) is 3.55. The van der Waals surface area contributed by atoms with Gasteiger partial charge in [0.2, 0.25) is 5.91 Å². The minimum Gasteiger partial charge on any atom is -0.675 e. The summed E-state index contributed by atoms with van der Waals surface area (Å²) >= 11 is 0. The van der Waals surface area contributed by atoms with Gasteiger partial charge in [-0.05, 0) is 24.7 Å². The van der Waals surface area contributed by atoms with Crippen LogP contribution in [0.2, 0.25) is 0 Å². The van der Waals surface area contributed by atoms with Gasteiger partial charge in [-0.25, -0.2) is 0 Å². The minimum absolute atomic E-state index is 0. The monoisotopic (exact) mass is 317 g/mol. The molecule has 1 aliphatic rings. The maximum Gasteiger partial charge on any atom is 0.225 e. The van der Waals surface area contributed by atoms with Gasteiger partial charge in [0.05, 0.1) is 0 Å². The van der Waals surface area contributed by atoms with E-state index >= 15 is 0 Å². The summed E-state index contributed by atoms with van der Waals surface area (Å²) in [7, 11) is 0. The molecule has 1 heterocycles. The first-order chi connectivity index (χ1) is 8.22. The van der Waals surface area contributed by atoms with Crippen molar-refractivity contribution in [2.45, 2.75) is 19.0 Å². The molecule has 1 atom stereocenters. The van der Waals surface area contributed by atoms with E-state index < -0.39 is 6.17 Å². The van der Waals surface area contributed by atoms with Crippen LogP contribution in [0.1, 0.15) is 23.2 Å². The number of amides is 2. The van der Waals surface area contributed by atoms with Gasteiger partial charge in [-0.1, -0.05) is 6.58 Å². The molecule has 0 aromatic heterocycles. The van der Waals surface area contributed by atoms with Gasteiger partial charge in [-0.15, -0.1) is 35.9 Å². The molecule has 2 rings (SSSR count). The molecule has 1 radical (unpaired) electrons. The van der Waals surface area contributed by atoms with Crippen molar-refractivity contribution in [3.05, 3.63) is 54.0 Å². The molecule has 1 aliphatic heterocycles. The summed E-state index contributed by atoms with van der Waals surface area (Å²) in [5, 5.41) is 4.01. The van der Waals surface area contributed by atoms with Gasteiger partial charge in [-0.2, -0.15) is 0 Å². The summed E-state index contributed by atoms with van der Waals surface area (Å²) in [4.78, 5) is 24.6. The van der Waals surface area contributed by atoms with Crippen molar-refractivity contribution in [3.63, 3.8) is 0 Å². The fraction of sp³-hybridized carbons (Fsp3) is 0.231. The van der Waals surface area contributed by atoms with Crippen LogP contribution in [-0.4, -0.2) is 22.9 Å². The average Bonchev–Trinajstić information content (AvgIpc) is 2.71. The molecule has 0 N–H and O–H groups in total. The molecule has 1 aromatic rings. The van der Waals surface area contributed by atoms with Crippen LogP contribution in [0, 0.1) is 6.07 Å². The van der Waals surface area contributed by atoms with Gasteiger partial charge in [0.15, 0.2) is 0 Å². The summed E-state index contributed by atoms with van der Waals surface area (Å²) in [6.07, 6.45) is 1.97. The Bertz CT molecular complexity index is 448. The van der Waals surface area contributed by atoms with Crippen LogP contribution >= 0.6 is 0 Å². The molecule has 2 amide bonds. The van der Waals surface area contributed by atoms with Crippen molar-refractivity contribution >= 4 is 11.8 Å². The first-order valence-corrected chi connectivity index (χ1v) is 5.38. The molecular formula is C13H12N2O2Y-2. The number of rotatable bonds is 3. The van der Waals surface area contributed by atoms with Crippen LogP contribution in [0.15, 0.2) is 37.0 Å². The molecule has 0 aliphatic carbocycles. The molecule has 0 saturated carbocycles. The molecule has 0 bridgehead atoms. The zero-order valence-electron chi connectivity index (χ0n) is 9.87. The predicted octanol–water partition coefficient (Wildman–Crippen LogP) is 2.09. The predicted molar refractivity (Wildman–Crippen MR) is 63.0 cm³/mol. The Morgan fingerprint density at radius 2 is 2.33 bits per heavy atom. The average molecular weight is 317 g/mol. The number of carbonyl (C=O) groups excluding carboxylic acids is 2. The van der Waals surface area contributed by atoms with Crippen LogP contribution in [0.4, 0.5) is 0 Å². The second-order valence-electron chi connectivity index (χ2n) is 3.71. The molecule has 1 unspecified atom stereocenters. The SMILES string of the molecule is C=CN1C(=O)CCC1[N-]C(=O)c1[c-]cccc1.[Y]. The van der Waals surface area contributed by atoms with E-state index in [-0.39, 0.29) is 44.5 Å². The Morgan fingerprint density at radius 1 is 1.56 bits per heavy atom. The first kappa shape index (κ1) is 15.1. The first-order valence-electron chi connectivity index (χ1n) is 5.38. The summed E-state index contributed by atoms with van der Waals surface area (Å²) in [5.41, 5.74) is 0.413. The number of carbonyl (C=O) groups is 2. The van der Waals surface area contributed by atoms with E-state index in [0.29, 0.717) is 18.4 Å². The second kappa shape index (κ2) is 6.81. The Hall–Kier alpha value is -0.996. The minimum atomic E-state index is -0.416. The topological polar surface area (TPSA) is 51.5 Å². The third-order valence-corrected chi connectivity index (χ3v) is 2.63. The molecule has 1 aromatic carbocycles. The van der Waals surface area contributed by atoms with Gasteiger partial charge in [0.25, 0.3) is 0 Å². The van der Waals surface area contributed by atoms with Gasteiger partial charge in [0, 0.05) is 39.1 Å². The third kappa shape index (κ3) is 3.27. The molecule has 4 nitrogen and oxygen atoms in total. The van der Waals surface area contributed by atoms with E-state index in [1.165, 1.54) is 11.1 Å². The standard InChI is InChI=1S/C13H13N2O2.Y/c1-2-15-11(8-9-12(15)16)14-13(17)10-6-4-3-5-7-10;/h2-6,11H,1,8-9H2,(H,14,17);/q-1;/p-1. The Kier molecular flexibility index (Phi) is 5.70. The largest absolute Gasteiger partial charge is 0.675 e. The molecule has 0 spiro atoms. The molecule has 5 heteroatoms. The van der Waals surface area contributed by atoms with E-state index in [0.717, 1.165) is 0 Å². The molecule has 91 valence electrons. The number of hydrogen-bond donors (Lipinski definition) is 0. The Labute approximate surface area is 131 Å². The Morgan fingerprint density at radius 3 is 2.94 bits per heavy atom. The third-order valence-electron chi connectivity index (χ3n) is 2.63. The van der Waals surface area contributed by atoms with Crippen LogP contribution in [-0.2, 0) is 37.5 Å². The van der Waals surface area contributed by atoms with Gasteiger partial charge < -0.3 is 15.0 Å². The van der Waals surface area contributed by atoms with E-state index in [4.69, 9.17) is 0 Å². The fourth-order valence-corrected chi connectivity index (χ4v) is 1.77. The number of benzene rings is 1. The van der Waals surface area contributed by atoms with Crippen molar-refractivity contribution in [1.29, 1.82) is 0 Å². The van der Waals surface area contributed by atoms with Gasteiger partial charge in [-0.3, -0.25) is 4.79 Å². The van der Waals surface area contributed by atoms with Crippen molar-refractivity contribution in [2.24, 2.45) is 0 Å². The zero-order valence-corrected chi connectivity index (χ0v) is 12.7. The summed E-state index contributed by atoms with van der Waals surface area (Å²) in [6, 6.07) is 9.67. The fourth-order valence-electron chi connectivity index (χ4n) is 1.77. The van der Waals surface area contributed by atoms with Gasteiger partial charge in [0.1, 0.15) is 0 Å². The zero-order chi connectivity index (χ0) is 12.3. The summed E-state index contributed by atoms with van der Waals surface area (Å²) in [5.74, 6) is -0.393. The van der Waals surface area contributed by atoms with Crippen molar-refractivity contribution in [1.82, 2.24) is 4.90 Å². The van der Waals surface area contributed by atoms with E-state index in [2.05, 4.69) is 18.0 Å². The number of nitrogens with zero attached hydrogens (tertiary/aromatic N) is 2. The maximum absolute atomic E-state index is 11.8. The van der Waals surface area contributed by atoms with Crippen molar-refractivity contribution < 1.29 is 42.3 Å². The van der Waals surface area contributed by atoms with E-state index in [1.54, 1.807) is 24.3 Å². The molecule has 1 saturated heterocycles.